The first kappa shape index (κ1) is 24.3. The molecule has 0 atom stereocenters. The summed E-state index contributed by atoms with van der Waals surface area (Å²) < 4.78 is 43.1. The average Bonchev–Trinajstić information content (AvgIpc) is 3.18. The van der Waals surface area contributed by atoms with Gasteiger partial charge in [0.25, 0.3) is 5.78 Å². The van der Waals surface area contributed by atoms with E-state index >= 15 is 0 Å². The number of pyridine rings is 1. The van der Waals surface area contributed by atoms with Crippen LogP contribution in [-0.2, 0) is 11.3 Å². The van der Waals surface area contributed by atoms with Crippen LogP contribution in [0.1, 0.15) is 19.4 Å². The second-order valence-electron chi connectivity index (χ2n) is 6.52. The van der Waals surface area contributed by atoms with Gasteiger partial charge in [0.2, 0.25) is 23.7 Å². The minimum Gasteiger partial charge on any atom is -0.468 e. The van der Waals surface area contributed by atoms with E-state index < -0.39 is 12.8 Å². The van der Waals surface area contributed by atoms with Crippen LogP contribution >= 0.6 is 11.8 Å². The van der Waals surface area contributed by atoms with Crippen molar-refractivity contribution in [2.45, 2.75) is 31.7 Å². The van der Waals surface area contributed by atoms with Gasteiger partial charge in [-0.3, -0.25) is 4.79 Å². The van der Waals surface area contributed by atoms with Crippen LogP contribution in [-0.4, -0.2) is 67.1 Å². The molecule has 0 saturated heterocycles. The van der Waals surface area contributed by atoms with Crippen molar-refractivity contribution < 1.29 is 22.7 Å². The lowest BCUT2D eigenvalue weighted by atomic mass is 10.2. The highest BCUT2D eigenvalue weighted by atomic mass is 32.2. The topological polar surface area (TPSA) is 131 Å². The molecule has 15 heteroatoms. The van der Waals surface area contributed by atoms with Gasteiger partial charge in [0.15, 0.2) is 11.8 Å². The van der Waals surface area contributed by atoms with E-state index in [1.807, 2.05) is 13.8 Å². The van der Waals surface area contributed by atoms with Crippen LogP contribution in [0.2, 0.25) is 0 Å². The zero-order chi connectivity index (χ0) is 23.8. The number of alkyl halides is 3. The van der Waals surface area contributed by atoms with Gasteiger partial charge in [-0.1, -0.05) is 11.8 Å². The third-order valence-corrected chi connectivity index (χ3v) is 4.85. The maximum Gasteiger partial charge on any atom is 0.422 e. The summed E-state index contributed by atoms with van der Waals surface area (Å²) in [5, 5.41) is 17.4. The van der Waals surface area contributed by atoms with Gasteiger partial charge >= 0.3 is 6.18 Å². The van der Waals surface area contributed by atoms with Crippen LogP contribution in [0.3, 0.4) is 0 Å². The van der Waals surface area contributed by atoms with Crippen LogP contribution in [0.5, 0.6) is 5.88 Å². The summed E-state index contributed by atoms with van der Waals surface area (Å²) in [6, 6.07) is 2.91. The molecule has 0 saturated carbocycles. The van der Waals surface area contributed by atoms with Crippen LogP contribution < -0.4 is 20.7 Å². The average molecular weight is 485 g/mol. The SMILES string of the molecule is CCNc1nc(NCC)n2c(SCC(=O)NCc3ccnc(OCC(F)(F)F)c3)nnc2n1. The third-order valence-electron chi connectivity index (χ3n) is 3.92. The normalized spacial score (nSPS) is 11.4. The second kappa shape index (κ2) is 11.0. The number of aromatic nitrogens is 6. The number of fused-ring (bicyclic) bond motifs is 1. The van der Waals surface area contributed by atoms with Crippen molar-refractivity contribution in [1.29, 1.82) is 0 Å². The Balaban J connectivity index is 1.59. The van der Waals surface area contributed by atoms with Crippen molar-refractivity contribution >= 4 is 35.3 Å². The maximum absolute atomic E-state index is 12.3. The van der Waals surface area contributed by atoms with Crippen molar-refractivity contribution in [2.75, 3.05) is 36.1 Å². The van der Waals surface area contributed by atoms with Crippen LogP contribution in [0.25, 0.3) is 5.78 Å². The largest absolute Gasteiger partial charge is 0.468 e. The number of carbonyl (C=O) groups excluding carboxylic acids is 1. The summed E-state index contributed by atoms with van der Waals surface area (Å²) in [4.78, 5) is 24.7. The van der Waals surface area contributed by atoms with E-state index in [9.17, 15) is 18.0 Å². The standard InChI is InChI=1S/C18H22F3N9O2S/c1-3-22-14-26-15(23-4-2)30-16(27-14)28-29-17(30)33-9-12(31)25-8-11-5-6-24-13(7-11)32-10-18(19,20)21/h5-7H,3-4,8-10H2,1-2H3,(H,25,31)(H2,22,23,26,27,28). The van der Waals surface area contributed by atoms with E-state index in [1.165, 1.54) is 12.3 Å². The maximum atomic E-state index is 12.3. The second-order valence-corrected chi connectivity index (χ2v) is 7.46. The molecule has 3 heterocycles. The van der Waals surface area contributed by atoms with E-state index in [-0.39, 0.29) is 24.1 Å². The minimum absolute atomic E-state index is 0.0316. The molecule has 0 aliphatic carbocycles. The Morgan fingerprint density at radius 3 is 2.70 bits per heavy atom. The number of amides is 1. The summed E-state index contributed by atoms with van der Waals surface area (Å²) in [5.41, 5.74) is 0.548. The number of rotatable bonds is 11. The Bertz CT molecular complexity index is 1090. The summed E-state index contributed by atoms with van der Waals surface area (Å²) >= 11 is 1.15. The predicted octanol–water partition coefficient (Wildman–Crippen LogP) is 2.13. The number of ether oxygens (including phenoxy) is 1. The Kier molecular flexibility index (Phi) is 8.08. The molecule has 178 valence electrons. The monoisotopic (exact) mass is 485 g/mol. The number of hydrogen-bond acceptors (Lipinski definition) is 10. The van der Waals surface area contributed by atoms with Gasteiger partial charge in [0.1, 0.15) is 0 Å². The van der Waals surface area contributed by atoms with E-state index in [4.69, 9.17) is 0 Å². The van der Waals surface area contributed by atoms with E-state index in [2.05, 4.69) is 45.8 Å². The van der Waals surface area contributed by atoms with Crippen molar-refractivity contribution in [1.82, 2.24) is 34.9 Å². The van der Waals surface area contributed by atoms with Gasteiger partial charge < -0.3 is 20.7 Å². The van der Waals surface area contributed by atoms with Gasteiger partial charge in [0, 0.05) is 31.9 Å². The molecule has 0 aromatic carbocycles. The quantitative estimate of drug-likeness (QED) is 0.347. The molecule has 0 unspecified atom stereocenters. The van der Waals surface area contributed by atoms with Gasteiger partial charge in [-0.15, -0.1) is 10.2 Å². The van der Waals surface area contributed by atoms with Gasteiger partial charge in [-0.05, 0) is 25.5 Å². The number of carbonyl (C=O) groups is 1. The van der Waals surface area contributed by atoms with Crippen LogP contribution in [0.4, 0.5) is 25.1 Å². The molecular weight excluding hydrogens is 463 g/mol. The number of halogens is 3. The summed E-state index contributed by atoms with van der Waals surface area (Å²) in [7, 11) is 0. The molecule has 0 aliphatic heterocycles. The highest BCUT2D eigenvalue weighted by Gasteiger charge is 2.28. The smallest absolute Gasteiger partial charge is 0.422 e. The molecule has 0 aliphatic rings. The minimum atomic E-state index is -4.46. The highest BCUT2D eigenvalue weighted by molar-refractivity contribution is 7.99. The number of nitrogens with one attached hydrogen (secondary N) is 3. The van der Waals surface area contributed by atoms with Gasteiger partial charge in [0.05, 0.1) is 5.75 Å². The first-order valence-electron chi connectivity index (χ1n) is 9.94. The Hall–Kier alpha value is -3.36. The van der Waals surface area contributed by atoms with Gasteiger partial charge in [-0.25, -0.2) is 9.38 Å². The Morgan fingerprint density at radius 2 is 1.97 bits per heavy atom. The summed E-state index contributed by atoms with van der Waals surface area (Å²) in [6.07, 6.45) is -3.14. The molecule has 3 aromatic rings. The third kappa shape index (κ3) is 7.06. The van der Waals surface area contributed by atoms with E-state index in [0.29, 0.717) is 41.5 Å². The lowest BCUT2D eigenvalue weighted by molar-refractivity contribution is -0.154. The number of thioether (sulfide) groups is 1. The molecule has 11 nitrogen and oxygen atoms in total. The molecule has 0 bridgehead atoms. The zero-order valence-corrected chi connectivity index (χ0v) is 18.6. The van der Waals surface area contributed by atoms with E-state index in [0.717, 1.165) is 11.8 Å². The fraction of sp³-hybridized carbons (Fsp3) is 0.444. The molecule has 0 radical (unpaired) electrons. The van der Waals surface area contributed by atoms with Crippen molar-refractivity contribution in [3.63, 3.8) is 0 Å². The molecule has 3 N–H and O–H groups in total. The summed E-state index contributed by atoms with van der Waals surface area (Å²) in [5.74, 6) is 0.804. The molecular formula is C18H22F3N9O2S. The predicted molar refractivity (Wildman–Crippen MR) is 115 cm³/mol. The lowest BCUT2D eigenvalue weighted by Crippen LogP contribution is -2.25. The molecule has 0 spiro atoms. The van der Waals surface area contributed by atoms with Crippen LogP contribution in [0, 0.1) is 0 Å². The highest BCUT2D eigenvalue weighted by Crippen LogP contribution is 2.21. The first-order chi connectivity index (χ1) is 15.8. The van der Waals surface area contributed by atoms with E-state index in [1.54, 1.807) is 10.5 Å². The fourth-order valence-electron chi connectivity index (χ4n) is 2.57. The molecule has 33 heavy (non-hydrogen) atoms. The Labute approximate surface area is 191 Å². The molecule has 0 fully saturated rings. The molecule has 3 rings (SSSR count). The number of nitrogens with zero attached hydrogens (tertiary/aromatic N) is 6. The van der Waals surface area contributed by atoms with Crippen molar-refractivity contribution in [3.05, 3.63) is 23.9 Å². The number of hydrogen-bond donors (Lipinski definition) is 3. The van der Waals surface area contributed by atoms with Crippen molar-refractivity contribution in [2.24, 2.45) is 0 Å². The molecule has 1 amide bonds. The lowest BCUT2D eigenvalue weighted by Gasteiger charge is -2.10. The Morgan fingerprint density at radius 1 is 1.18 bits per heavy atom. The van der Waals surface area contributed by atoms with Crippen LogP contribution in [0.15, 0.2) is 23.5 Å². The van der Waals surface area contributed by atoms with Crippen molar-refractivity contribution in [3.8, 4) is 5.88 Å². The first-order valence-corrected chi connectivity index (χ1v) is 10.9. The van der Waals surface area contributed by atoms with Gasteiger partial charge in [-0.2, -0.15) is 23.1 Å². The number of anilines is 2. The zero-order valence-electron chi connectivity index (χ0n) is 17.8. The summed E-state index contributed by atoms with van der Waals surface area (Å²) in [6.45, 7) is 3.76. The fourth-order valence-corrected chi connectivity index (χ4v) is 3.33. The molecule has 3 aromatic heterocycles.